The van der Waals surface area contributed by atoms with E-state index in [4.69, 9.17) is 4.74 Å². The Morgan fingerprint density at radius 1 is 0.860 bits per heavy atom. The summed E-state index contributed by atoms with van der Waals surface area (Å²) in [6.07, 6.45) is 4.60. The van der Waals surface area contributed by atoms with Gasteiger partial charge in [0.2, 0.25) is 0 Å². The molecule has 5 aromatic rings. The maximum Gasteiger partial charge on any atom is 0.293 e. The number of para-hydroxylation sites is 1. The molecule has 16 heteroatoms. The van der Waals surface area contributed by atoms with E-state index in [-0.39, 0.29) is 22.2 Å². The summed E-state index contributed by atoms with van der Waals surface area (Å²) < 4.78 is 36.4. The van der Waals surface area contributed by atoms with Gasteiger partial charge in [-0.25, -0.2) is 18.1 Å². The van der Waals surface area contributed by atoms with Gasteiger partial charge in [-0.1, -0.05) is 36.4 Å². The van der Waals surface area contributed by atoms with Gasteiger partial charge in [0.1, 0.15) is 5.69 Å². The van der Waals surface area contributed by atoms with Crippen LogP contribution in [-0.2, 0) is 21.3 Å². The number of carbonyl (C=O) groups is 1. The molecule has 57 heavy (non-hydrogen) atoms. The summed E-state index contributed by atoms with van der Waals surface area (Å²) in [6.45, 7) is 7.74. The number of anilines is 2. The lowest BCUT2D eigenvalue weighted by molar-refractivity contribution is -0.384. The first-order valence-corrected chi connectivity index (χ1v) is 21.4. The van der Waals surface area contributed by atoms with Crippen molar-refractivity contribution in [1.29, 1.82) is 0 Å². The number of amides is 1. The number of piperazine rings is 1. The summed E-state index contributed by atoms with van der Waals surface area (Å²) in [5.74, 6) is -0.189. The van der Waals surface area contributed by atoms with Gasteiger partial charge in [-0.3, -0.25) is 24.7 Å². The number of hydrogen-bond donors (Lipinski definition) is 2. The summed E-state index contributed by atoms with van der Waals surface area (Å²) in [5, 5.41) is 15.6. The van der Waals surface area contributed by atoms with Crippen LogP contribution in [0.15, 0.2) is 125 Å². The lowest BCUT2D eigenvalue weighted by Crippen LogP contribution is -2.46. The number of morpholine rings is 1. The van der Waals surface area contributed by atoms with Gasteiger partial charge in [0.25, 0.3) is 21.6 Å². The van der Waals surface area contributed by atoms with Crippen molar-refractivity contribution in [2.75, 3.05) is 75.0 Å². The van der Waals surface area contributed by atoms with Crippen LogP contribution in [0.5, 0.6) is 0 Å². The average molecular weight is 811 g/mol. The van der Waals surface area contributed by atoms with Crippen molar-refractivity contribution in [3.8, 4) is 5.69 Å². The summed E-state index contributed by atoms with van der Waals surface area (Å²) >= 11 is 1.64. The lowest BCUT2D eigenvalue weighted by atomic mass is 10.1. The van der Waals surface area contributed by atoms with E-state index in [0.29, 0.717) is 25.4 Å². The molecule has 0 aliphatic carbocycles. The highest BCUT2D eigenvalue weighted by atomic mass is 32.2. The second-order valence-electron chi connectivity index (χ2n) is 14.0. The Labute approximate surface area is 337 Å². The molecule has 2 N–H and O–H groups in total. The van der Waals surface area contributed by atoms with Crippen LogP contribution >= 0.6 is 11.8 Å². The van der Waals surface area contributed by atoms with E-state index >= 15 is 0 Å². The van der Waals surface area contributed by atoms with Gasteiger partial charge in [0.05, 0.1) is 35.1 Å². The Morgan fingerprint density at radius 2 is 1.56 bits per heavy atom. The smallest absolute Gasteiger partial charge is 0.293 e. The Bertz CT molecular complexity index is 2210. The van der Waals surface area contributed by atoms with Crippen LogP contribution in [0.25, 0.3) is 5.69 Å². The minimum Gasteiger partial charge on any atom is -0.379 e. The number of nitrogens with one attached hydrogen (secondary N) is 2. The molecule has 1 atom stereocenters. The summed E-state index contributed by atoms with van der Waals surface area (Å²) in [7, 11) is -4.43. The molecule has 1 aromatic heterocycles. The highest BCUT2D eigenvalue weighted by Crippen LogP contribution is 2.30. The van der Waals surface area contributed by atoms with Crippen LogP contribution in [0.4, 0.5) is 17.1 Å². The van der Waals surface area contributed by atoms with Crippen molar-refractivity contribution in [3.63, 3.8) is 0 Å². The van der Waals surface area contributed by atoms with Gasteiger partial charge in [0.15, 0.2) is 0 Å². The Hall–Kier alpha value is -5.26. The van der Waals surface area contributed by atoms with Gasteiger partial charge in [0, 0.05) is 98.2 Å². The zero-order valence-electron chi connectivity index (χ0n) is 31.5. The van der Waals surface area contributed by atoms with E-state index in [9.17, 15) is 23.3 Å². The van der Waals surface area contributed by atoms with Crippen LogP contribution in [0, 0.1) is 10.1 Å². The van der Waals surface area contributed by atoms with E-state index in [1.807, 2.05) is 71.6 Å². The number of carbonyl (C=O) groups excluding carboxylic acids is 1. The number of thioether (sulfide) groups is 1. The standard InChI is InChI=1S/C41H46N8O6S2/c50-41(32-11-13-36(14-12-32)47-21-19-46(20-22-47)28-34-29-48(31-42-34)35-7-3-1-4-8-35)44-57(53,54)38-15-16-39(40(27-38)49(51)52)43-33(17-18-45-23-25-55-26-24-45)30-56-37-9-5-2-6-10-37/h1-16,27,29,31,33,43H,17-26,28,30H2,(H,44,50)/t33-/m1/s1. The van der Waals surface area contributed by atoms with Crippen LogP contribution in [0.3, 0.4) is 0 Å². The van der Waals surface area contributed by atoms with Crippen molar-refractivity contribution in [2.24, 2.45) is 0 Å². The second-order valence-corrected chi connectivity index (χ2v) is 16.8. The predicted octanol–water partition coefficient (Wildman–Crippen LogP) is 5.52. The fourth-order valence-corrected chi connectivity index (χ4v) is 8.88. The topological polar surface area (TPSA) is 155 Å². The molecule has 2 aliphatic heterocycles. The number of benzene rings is 4. The number of imidazole rings is 1. The molecule has 2 fully saturated rings. The molecule has 7 rings (SSSR count). The molecule has 0 radical (unpaired) electrons. The Balaban J connectivity index is 0.947. The maximum atomic E-state index is 13.4. The normalized spacial score (nSPS) is 15.9. The van der Waals surface area contributed by atoms with Gasteiger partial charge < -0.3 is 19.5 Å². The summed E-state index contributed by atoms with van der Waals surface area (Å²) in [6, 6.07) is 30.3. The third-order valence-electron chi connectivity index (χ3n) is 10.1. The van der Waals surface area contributed by atoms with Crippen LogP contribution in [0.1, 0.15) is 22.5 Å². The highest BCUT2D eigenvalue weighted by molar-refractivity contribution is 7.99. The highest BCUT2D eigenvalue weighted by Gasteiger charge is 2.26. The van der Waals surface area contributed by atoms with Gasteiger partial charge in [-0.05, 0) is 67.1 Å². The zero-order chi connectivity index (χ0) is 39.6. The van der Waals surface area contributed by atoms with Crippen molar-refractivity contribution in [1.82, 2.24) is 24.1 Å². The number of hydrogen-bond acceptors (Lipinski definition) is 12. The number of ether oxygens (including phenoxy) is 1. The maximum absolute atomic E-state index is 13.4. The summed E-state index contributed by atoms with van der Waals surface area (Å²) in [5.41, 5.74) is 2.96. The minimum absolute atomic E-state index is 0.151. The molecule has 3 heterocycles. The average Bonchev–Trinajstić information content (AvgIpc) is 3.71. The van der Waals surface area contributed by atoms with Crippen LogP contribution in [0.2, 0.25) is 0 Å². The van der Waals surface area contributed by atoms with Gasteiger partial charge >= 0.3 is 0 Å². The van der Waals surface area contributed by atoms with Crippen molar-refractivity contribution in [2.45, 2.75) is 28.8 Å². The first kappa shape index (κ1) is 40.0. The Kier molecular flexibility index (Phi) is 13.2. The minimum atomic E-state index is -4.43. The second kappa shape index (κ2) is 18.8. The first-order valence-electron chi connectivity index (χ1n) is 19.0. The van der Waals surface area contributed by atoms with E-state index in [2.05, 4.69) is 35.9 Å². The van der Waals surface area contributed by atoms with Gasteiger partial charge in [-0.15, -0.1) is 11.8 Å². The molecule has 1 amide bonds. The third-order valence-corrected chi connectivity index (χ3v) is 12.6. The van der Waals surface area contributed by atoms with Crippen molar-refractivity contribution >= 4 is 44.8 Å². The molecule has 2 aliphatic rings. The molecule has 0 saturated carbocycles. The first-order chi connectivity index (χ1) is 27.7. The molecule has 2 saturated heterocycles. The largest absolute Gasteiger partial charge is 0.379 e. The molecule has 4 aromatic carbocycles. The number of rotatable bonds is 16. The van der Waals surface area contributed by atoms with E-state index in [1.165, 1.54) is 12.1 Å². The van der Waals surface area contributed by atoms with Gasteiger partial charge in [-0.2, -0.15) is 0 Å². The van der Waals surface area contributed by atoms with Crippen LogP contribution < -0.4 is 14.9 Å². The molecule has 0 unspecified atom stereocenters. The molecule has 14 nitrogen and oxygen atoms in total. The predicted molar refractivity (Wildman–Crippen MR) is 222 cm³/mol. The number of aromatic nitrogens is 2. The number of nitro benzene ring substituents is 1. The van der Waals surface area contributed by atoms with Crippen LogP contribution in [-0.4, -0.2) is 109 Å². The lowest BCUT2D eigenvalue weighted by Gasteiger charge is -2.35. The van der Waals surface area contributed by atoms with E-state index in [0.717, 1.165) is 80.4 Å². The zero-order valence-corrected chi connectivity index (χ0v) is 33.1. The SMILES string of the molecule is O=C(NS(=O)(=O)c1ccc(N[C@H](CCN2CCOCC2)CSc2ccccc2)c([N+](=O)[O-])c1)c1ccc(N2CCN(Cc3cn(-c4ccccc4)cn3)CC2)cc1. The molecule has 298 valence electrons. The number of nitrogens with zero attached hydrogens (tertiary/aromatic N) is 6. The molecular weight excluding hydrogens is 765 g/mol. The van der Waals surface area contributed by atoms with Crippen molar-refractivity contribution in [3.05, 3.63) is 137 Å². The molecule has 0 bridgehead atoms. The third kappa shape index (κ3) is 10.8. The number of nitro groups is 1. The quantitative estimate of drug-likeness (QED) is 0.0733. The van der Waals surface area contributed by atoms with Crippen molar-refractivity contribution < 1.29 is 22.9 Å². The van der Waals surface area contributed by atoms with E-state index < -0.39 is 26.5 Å². The fraction of sp³-hybridized carbons (Fsp3) is 0.317. The fourth-order valence-electron chi connectivity index (χ4n) is 6.89. The molecule has 0 spiro atoms. The monoisotopic (exact) mass is 810 g/mol. The Morgan fingerprint density at radius 3 is 2.26 bits per heavy atom. The number of sulfonamides is 1. The van der Waals surface area contributed by atoms with E-state index in [1.54, 1.807) is 36.0 Å². The molecular formula is C41H46N8O6S2. The summed E-state index contributed by atoms with van der Waals surface area (Å²) in [4.78, 5) is 37.0.